The summed E-state index contributed by atoms with van der Waals surface area (Å²) in [6.45, 7) is 5.76. The summed E-state index contributed by atoms with van der Waals surface area (Å²) >= 11 is 0. The van der Waals surface area contributed by atoms with E-state index in [1.807, 2.05) is 0 Å². The molecule has 1 aliphatic rings. The lowest BCUT2D eigenvalue weighted by Gasteiger charge is -2.43. The summed E-state index contributed by atoms with van der Waals surface area (Å²) in [6.07, 6.45) is 1.44. The van der Waals surface area contributed by atoms with Gasteiger partial charge in [-0.3, -0.25) is 4.90 Å². The van der Waals surface area contributed by atoms with Crippen molar-refractivity contribution in [1.82, 2.24) is 4.90 Å². The van der Waals surface area contributed by atoms with Crippen molar-refractivity contribution in [3.63, 3.8) is 0 Å². The highest BCUT2D eigenvalue weighted by atomic mass is 19.1. The Morgan fingerprint density at radius 2 is 2.05 bits per heavy atom. The lowest BCUT2D eigenvalue weighted by atomic mass is 9.80. The fourth-order valence-corrected chi connectivity index (χ4v) is 2.92. The number of ether oxygens (including phenoxy) is 2. The maximum absolute atomic E-state index is 12.8. The summed E-state index contributed by atoms with van der Waals surface area (Å²) < 4.78 is 23.5. The first kappa shape index (κ1) is 17.2. The Kier molecular flexibility index (Phi) is 6.17. The summed E-state index contributed by atoms with van der Waals surface area (Å²) in [5.41, 5.74) is -0.621. The van der Waals surface area contributed by atoms with Crippen LogP contribution in [0.4, 0.5) is 4.39 Å². The predicted molar refractivity (Wildman–Crippen MR) is 83.6 cm³/mol. The van der Waals surface area contributed by atoms with E-state index in [-0.39, 0.29) is 11.7 Å². The number of hydrogen-bond acceptors (Lipinski definition) is 4. The molecule has 4 nitrogen and oxygen atoms in total. The number of methoxy groups -OCH3 is 1. The Morgan fingerprint density at radius 3 is 2.68 bits per heavy atom. The molecule has 2 atom stereocenters. The Balaban J connectivity index is 1.73. The molecule has 0 aromatic heterocycles. The quantitative estimate of drug-likeness (QED) is 0.839. The first-order chi connectivity index (χ1) is 10.5. The molecule has 1 saturated heterocycles. The van der Waals surface area contributed by atoms with Gasteiger partial charge >= 0.3 is 0 Å². The Morgan fingerprint density at radius 1 is 1.32 bits per heavy atom. The highest BCUT2D eigenvalue weighted by Gasteiger charge is 2.38. The van der Waals surface area contributed by atoms with Crippen molar-refractivity contribution in [3.8, 4) is 5.75 Å². The van der Waals surface area contributed by atoms with Gasteiger partial charge in [0.05, 0.1) is 5.60 Å². The second-order valence-corrected chi connectivity index (χ2v) is 6.10. The van der Waals surface area contributed by atoms with Crippen LogP contribution < -0.4 is 4.74 Å². The summed E-state index contributed by atoms with van der Waals surface area (Å²) in [4.78, 5) is 2.30. The summed E-state index contributed by atoms with van der Waals surface area (Å²) in [5, 5.41) is 10.6. The second kappa shape index (κ2) is 7.90. The third kappa shape index (κ3) is 4.66. The van der Waals surface area contributed by atoms with Crippen LogP contribution in [0.2, 0.25) is 0 Å². The van der Waals surface area contributed by atoms with Crippen LogP contribution in [0.5, 0.6) is 5.75 Å². The second-order valence-electron chi connectivity index (χ2n) is 6.10. The van der Waals surface area contributed by atoms with Gasteiger partial charge in [-0.15, -0.1) is 0 Å². The molecule has 0 aliphatic carbocycles. The first-order valence-corrected chi connectivity index (χ1v) is 7.85. The van der Waals surface area contributed by atoms with Crippen molar-refractivity contribution in [1.29, 1.82) is 0 Å². The highest BCUT2D eigenvalue weighted by Crippen LogP contribution is 2.30. The number of aliphatic hydroxyl groups is 1. The SMILES string of the molecule is COCC[C@]1(O)CCN(CCOc2ccc(F)cc2)C[C@H]1C. The molecule has 22 heavy (non-hydrogen) atoms. The highest BCUT2D eigenvalue weighted by molar-refractivity contribution is 5.21. The summed E-state index contributed by atoms with van der Waals surface area (Å²) in [6, 6.07) is 6.07. The number of nitrogens with zero attached hydrogens (tertiary/aromatic N) is 1. The zero-order chi connectivity index (χ0) is 16.0. The molecule has 0 radical (unpaired) electrons. The molecule has 1 N–H and O–H groups in total. The molecule has 1 heterocycles. The van der Waals surface area contributed by atoms with Gasteiger partial charge in [0.1, 0.15) is 18.2 Å². The van der Waals surface area contributed by atoms with Crippen LogP contribution in [-0.2, 0) is 4.74 Å². The van der Waals surface area contributed by atoms with E-state index < -0.39 is 5.60 Å². The summed E-state index contributed by atoms with van der Waals surface area (Å²) in [7, 11) is 1.66. The minimum atomic E-state index is -0.621. The molecule has 1 aromatic rings. The van der Waals surface area contributed by atoms with Crippen molar-refractivity contribution < 1.29 is 19.0 Å². The van der Waals surface area contributed by atoms with E-state index in [1.165, 1.54) is 12.1 Å². The molecule has 1 aromatic carbocycles. The van der Waals surface area contributed by atoms with Gasteiger partial charge in [0.25, 0.3) is 0 Å². The van der Waals surface area contributed by atoms with E-state index in [4.69, 9.17) is 9.47 Å². The van der Waals surface area contributed by atoms with Gasteiger partial charge < -0.3 is 14.6 Å². The molecule has 1 fully saturated rings. The fraction of sp³-hybridized carbons (Fsp3) is 0.647. The topological polar surface area (TPSA) is 41.9 Å². The molecule has 0 saturated carbocycles. The fourth-order valence-electron chi connectivity index (χ4n) is 2.92. The molecule has 0 unspecified atom stereocenters. The average Bonchev–Trinajstić information content (AvgIpc) is 2.51. The molecule has 0 amide bonds. The van der Waals surface area contributed by atoms with Crippen molar-refractivity contribution >= 4 is 0 Å². The lowest BCUT2D eigenvalue weighted by molar-refractivity contribution is -0.0823. The standard InChI is InChI=1S/C17H26FNO3/c1-14-13-19(9-7-17(14,20)8-11-21-2)10-12-22-16-5-3-15(18)4-6-16/h3-6,14,20H,7-13H2,1-2H3/t14-,17-/m1/s1. The van der Waals surface area contributed by atoms with Crippen molar-refractivity contribution in [2.45, 2.75) is 25.4 Å². The molecular weight excluding hydrogens is 285 g/mol. The summed E-state index contributed by atoms with van der Waals surface area (Å²) in [5.74, 6) is 0.637. The molecule has 0 spiro atoms. The van der Waals surface area contributed by atoms with Crippen LogP contribution in [0.15, 0.2) is 24.3 Å². The van der Waals surface area contributed by atoms with Crippen molar-refractivity contribution in [2.75, 3.05) is 40.0 Å². The van der Waals surface area contributed by atoms with E-state index in [0.717, 1.165) is 26.1 Å². The van der Waals surface area contributed by atoms with Gasteiger partial charge in [-0.25, -0.2) is 4.39 Å². The Bertz CT molecular complexity index is 454. The van der Waals surface area contributed by atoms with Gasteiger partial charge in [0.15, 0.2) is 0 Å². The maximum Gasteiger partial charge on any atom is 0.123 e. The van der Waals surface area contributed by atoms with Gasteiger partial charge in [-0.2, -0.15) is 0 Å². The zero-order valence-corrected chi connectivity index (χ0v) is 13.4. The average molecular weight is 311 g/mol. The number of likely N-dealkylation sites (tertiary alicyclic amines) is 1. The maximum atomic E-state index is 12.8. The number of benzene rings is 1. The number of rotatable bonds is 7. The third-order valence-corrected chi connectivity index (χ3v) is 4.54. The first-order valence-electron chi connectivity index (χ1n) is 7.85. The van der Waals surface area contributed by atoms with Crippen LogP contribution in [0.25, 0.3) is 0 Å². The van der Waals surface area contributed by atoms with Crippen molar-refractivity contribution in [2.24, 2.45) is 5.92 Å². The molecule has 0 bridgehead atoms. The van der Waals surface area contributed by atoms with Crippen LogP contribution in [-0.4, -0.2) is 55.6 Å². The van der Waals surface area contributed by atoms with E-state index >= 15 is 0 Å². The largest absolute Gasteiger partial charge is 0.492 e. The van der Waals surface area contributed by atoms with Gasteiger partial charge in [-0.05, 0) is 43.0 Å². The van der Waals surface area contributed by atoms with E-state index in [2.05, 4.69) is 11.8 Å². The van der Waals surface area contributed by atoms with Crippen LogP contribution in [0.3, 0.4) is 0 Å². The van der Waals surface area contributed by atoms with Crippen LogP contribution in [0, 0.1) is 11.7 Å². The van der Waals surface area contributed by atoms with E-state index in [1.54, 1.807) is 19.2 Å². The third-order valence-electron chi connectivity index (χ3n) is 4.54. The van der Waals surface area contributed by atoms with Gasteiger partial charge in [0, 0.05) is 33.4 Å². The van der Waals surface area contributed by atoms with E-state index in [9.17, 15) is 9.50 Å². The van der Waals surface area contributed by atoms with Gasteiger partial charge in [0.2, 0.25) is 0 Å². The monoisotopic (exact) mass is 311 g/mol. The number of piperidine rings is 1. The predicted octanol–water partition coefficient (Wildman–Crippen LogP) is 2.31. The van der Waals surface area contributed by atoms with Gasteiger partial charge in [-0.1, -0.05) is 6.92 Å². The molecule has 124 valence electrons. The Hall–Kier alpha value is -1.17. The molecular formula is C17H26FNO3. The molecule has 5 heteroatoms. The normalized spacial score (nSPS) is 26.1. The Labute approximate surface area is 131 Å². The van der Waals surface area contributed by atoms with Crippen LogP contribution in [0.1, 0.15) is 19.8 Å². The van der Waals surface area contributed by atoms with Crippen LogP contribution >= 0.6 is 0 Å². The smallest absolute Gasteiger partial charge is 0.123 e. The minimum absolute atomic E-state index is 0.210. The molecule has 1 aliphatic heterocycles. The minimum Gasteiger partial charge on any atom is -0.492 e. The number of hydrogen-bond donors (Lipinski definition) is 1. The van der Waals surface area contributed by atoms with E-state index in [0.29, 0.717) is 25.4 Å². The molecule has 2 rings (SSSR count). The lowest BCUT2D eigenvalue weighted by Crippen LogP contribution is -2.52. The zero-order valence-electron chi connectivity index (χ0n) is 13.4. The number of halogens is 1. The van der Waals surface area contributed by atoms with Crippen molar-refractivity contribution in [3.05, 3.63) is 30.1 Å².